The SMILES string of the molecule is O=C(CN1C(=O)C(=O)N(C2CCCC2)C1=O)Nc1ccc(N2CCCC2=O)cc1. The molecule has 1 aromatic rings. The lowest BCUT2D eigenvalue weighted by molar-refractivity contribution is -0.144. The largest absolute Gasteiger partial charge is 0.334 e. The van der Waals surface area contributed by atoms with Crippen LogP contribution in [0.3, 0.4) is 0 Å². The van der Waals surface area contributed by atoms with Crippen LogP contribution in [0.2, 0.25) is 0 Å². The highest BCUT2D eigenvalue weighted by Crippen LogP contribution is 2.28. The van der Waals surface area contributed by atoms with Crippen LogP contribution < -0.4 is 10.2 Å². The molecule has 1 saturated carbocycles. The average molecular weight is 398 g/mol. The minimum absolute atomic E-state index is 0.0735. The van der Waals surface area contributed by atoms with Gasteiger partial charge in [0.25, 0.3) is 0 Å². The van der Waals surface area contributed by atoms with Crippen molar-refractivity contribution in [3.05, 3.63) is 24.3 Å². The van der Waals surface area contributed by atoms with E-state index in [1.807, 2.05) is 0 Å². The normalized spacial score (nSPS) is 20.3. The summed E-state index contributed by atoms with van der Waals surface area (Å²) in [5.74, 6) is -2.31. The van der Waals surface area contributed by atoms with Crippen molar-refractivity contribution in [1.29, 1.82) is 0 Å². The number of carbonyl (C=O) groups excluding carboxylic acids is 5. The van der Waals surface area contributed by atoms with Gasteiger partial charge in [0.15, 0.2) is 0 Å². The molecule has 4 rings (SSSR count). The molecular formula is C20H22N4O5. The van der Waals surface area contributed by atoms with Gasteiger partial charge in [-0.25, -0.2) is 9.69 Å². The van der Waals surface area contributed by atoms with Gasteiger partial charge in [0.2, 0.25) is 11.8 Å². The van der Waals surface area contributed by atoms with Gasteiger partial charge in [-0.1, -0.05) is 12.8 Å². The second-order valence-electron chi connectivity index (χ2n) is 7.53. The van der Waals surface area contributed by atoms with Gasteiger partial charge in [-0.05, 0) is 43.5 Å². The third-order valence-electron chi connectivity index (χ3n) is 5.61. The van der Waals surface area contributed by atoms with Gasteiger partial charge in [-0.3, -0.25) is 24.1 Å². The van der Waals surface area contributed by atoms with Crippen molar-refractivity contribution in [2.45, 2.75) is 44.6 Å². The number of anilines is 2. The second-order valence-corrected chi connectivity index (χ2v) is 7.53. The molecule has 6 amide bonds. The van der Waals surface area contributed by atoms with E-state index < -0.39 is 30.3 Å². The highest BCUT2D eigenvalue weighted by molar-refractivity contribution is 6.45. The number of nitrogens with zero attached hydrogens (tertiary/aromatic N) is 3. The summed E-state index contributed by atoms with van der Waals surface area (Å²) in [4.78, 5) is 64.4. The Labute approximate surface area is 167 Å². The maximum Gasteiger partial charge on any atom is 0.334 e. The van der Waals surface area contributed by atoms with E-state index >= 15 is 0 Å². The van der Waals surface area contributed by atoms with Crippen LogP contribution in [0.25, 0.3) is 0 Å². The molecule has 0 aromatic heterocycles. The monoisotopic (exact) mass is 398 g/mol. The molecule has 1 aliphatic carbocycles. The van der Waals surface area contributed by atoms with Crippen molar-refractivity contribution in [1.82, 2.24) is 9.80 Å². The molecule has 9 heteroatoms. The van der Waals surface area contributed by atoms with Crippen LogP contribution in [0.4, 0.5) is 16.2 Å². The molecule has 1 N–H and O–H groups in total. The van der Waals surface area contributed by atoms with E-state index in [0.29, 0.717) is 36.4 Å². The van der Waals surface area contributed by atoms with Gasteiger partial charge in [-0.15, -0.1) is 0 Å². The molecule has 0 unspecified atom stereocenters. The smallest absolute Gasteiger partial charge is 0.325 e. The summed E-state index contributed by atoms with van der Waals surface area (Å²) in [5, 5.41) is 2.62. The molecule has 0 spiro atoms. The van der Waals surface area contributed by atoms with Crippen LogP contribution in [-0.2, 0) is 19.2 Å². The lowest BCUT2D eigenvalue weighted by Gasteiger charge is -2.21. The summed E-state index contributed by atoms with van der Waals surface area (Å²) in [6.07, 6.45) is 4.57. The number of benzene rings is 1. The highest BCUT2D eigenvalue weighted by Gasteiger charge is 2.48. The average Bonchev–Trinajstić information content (AvgIpc) is 3.41. The number of hydrogen-bond donors (Lipinski definition) is 1. The van der Waals surface area contributed by atoms with Gasteiger partial charge in [0.1, 0.15) is 6.54 Å². The van der Waals surface area contributed by atoms with E-state index in [9.17, 15) is 24.0 Å². The minimum atomic E-state index is -0.958. The quantitative estimate of drug-likeness (QED) is 0.597. The van der Waals surface area contributed by atoms with E-state index in [1.165, 1.54) is 0 Å². The first-order valence-corrected chi connectivity index (χ1v) is 9.85. The van der Waals surface area contributed by atoms with Crippen LogP contribution in [0.15, 0.2) is 24.3 Å². The molecule has 1 aromatic carbocycles. The summed E-state index contributed by atoms with van der Waals surface area (Å²) in [6.45, 7) is 0.161. The number of urea groups is 1. The molecule has 2 heterocycles. The van der Waals surface area contributed by atoms with Crippen LogP contribution in [0, 0.1) is 0 Å². The summed E-state index contributed by atoms with van der Waals surface area (Å²) in [6, 6.07) is 5.80. The highest BCUT2D eigenvalue weighted by atomic mass is 16.2. The van der Waals surface area contributed by atoms with Crippen molar-refractivity contribution in [3.8, 4) is 0 Å². The number of nitrogens with one attached hydrogen (secondary N) is 1. The van der Waals surface area contributed by atoms with Gasteiger partial charge in [0.05, 0.1) is 0 Å². The Kier molecular flexibility index (Phi) is 5.04. The predicted molar refractivity (Wildman–Crippen MR) is 103 cm³/mol. The molecule has 3 aliphatic rings. The lowest BCUT2D eigenvalue weighted by atomic mass is 10.2. The molecule has 152 valence electrons. The fourth-order valence-corrected chi connectivity index (χ4v) is 4.14. The summed E-state index contributed by atoms with van der Waals surface area (Å²) in [7, 11) is 0. The van der Waals surface area contributed by atoms with Crippen molar-refractivity contribution >= 4 is 41.0 Å². The fourth-order valence-electron chi connectivity index (χ4n) is 4.14. The predicted octanol–water partition coefficient (Wildman–Crippen LogP) is 1.49. The topological polar surface area (TPSA) is 107 Å². The number of imide groups is 2. The standard InChI is InChI=1S/C20H22N4O5/c25-16(21-13-7-9-14(10-8-13)22-11-3-6-17(22)26)12-23-18(27)19(28)24(20(23)29)15-4-1-2-5-15/h7-10,15H,1-6,11-12H2,(H,21,25). The molecule has 0 radical (unpaired) electrons. The number of hydrogen-bond acceptors (Lipinski definition) is 5. The van der Waals surface area contributed by atoms with Crippen LogP contribution >= 0.6 is 0 Å². The Morgan fingerprint density at radius 2 is 1.66 bits per heavy atom. The van der Waals surface area contributed by atoms with E-state index in [2.05, 4.69) is 5.32 Å². The molecule has 3 fully saturated rings. The third kappa shape index (κ3) is 3.59. The van der Waals surface area contributed by atoms with E-state index in [4.69, 9.17) is 0 Å². The summed E-state index contributed by atoms with van der Waals surface area (Å²) < 4.78 is 0. The Bertz CT molecular complexity index is 875. The van der Waals surface area contributed by atoms with Crippen molar-refractivity contribution in [2.24, 2.45) is 0 Å². The Balaban J connectivity index is 1.38. The molecule has 0 bridgehead atoms. The van der Waals surface area contributed by atoms with Crippen molar-refractivity contribution < 1.29 is 24.0 Å². The second kappa shape index (κ2) is 7.65. The molecular weight excluding hydrogens is 376 g/mol. The van der Waals surface area contributed by atoms with Crippen molar-refractivity contribution in [3.63, 3.8) is 0 Å². The molecule has 2 aliphatic heterocycles. The summed E-state index contributed by atoms with van der Waals surface area (Å²) in [5.41, 5.74) is 1.23. The zero-order valence-electron chi connectivity index (χ0n) is 15.9. The first-order valence-electron chi connectivity index (χ1n) is 9.85. The Morgan fingerprint density at radius 3 is 2.28 bits per heavy atom. The third-order valence-corrected chi connectivity index (χ3v) is 5.61. The van der Waals surface area contributed by atoms with Gasteiger partial charge in [-0.2, -0.15) is 0 Å². The maximum absolute atomic E-state index is 12.5. The maximum atomic E-state index is 12.5. The summed E-state index contributed by atoms with van der Waals surface area (Å²) >= 11 is 0. The molecule has 9 nitrogen and oxygen atoms in total. The Hall–Kier alpha value is -3.23. The van der Waals surface area contributed by atoms with Crippen molar-refractivity contribution in [2.75, 3.05) is 23.3 Å². The fraction of sp³-hybridized carbons (Fsp3) is 0.450. The lowest BCUT2D eigenvalue weighted by Crippen LogP contribution is -2.41. The van der Waals surface area contributed by atoms with E-state index in [1.54, 1.807) is 29.2 Å². The number of carbonyl (C=O) groups is 5. The molecule has 2 saturated heterocycles. The van der Waals surface area contributed by atoms with Gasteiger partial charge in [0, 0.05) is 30.4 Å². The minimum Gasteiger partial charge on any atom is -0.325 e. The van der Waals surface area contributed by atoms with Crippen LogP contribution in [0.1, 0.15) is 38.5 Å². The number of amides is 6. The van der Waals surface area contributed by atoms with E-state index in [-0.39, 0.29) is 11.9 Å². The van der Waals surface area contributed by atoms with Gasteiger partial charge < -0.3 is 10.2 Å². The number of rotatable bonds is 5. The Morgan fingerprint density at radius 1 is 0.966 bits per heavy atom. The zero-order valence-corrected chi connectivity index (χ0v) is 15.9. The molecule has 0 atom stereocenters. The first kappa shape index (κ1) is 19.1. The van der Waals surface area contributed by atoms with Crippen LogP contribution in [0.5, 0.6) is 0 Å². The molecule has 29 heavy (non-hydrogen) atoms. The zero-order chi connectivity index (χ0) is 20.5. The van der Waals surface area contributed by atoms with E-state index in [0.717, 1.165) is 29.8 Å². The first-order chi connectivity index (χ1) is 14.0. The van der Waals surface area contributed by atoms with Gasteiger partial charge >= 0.3 is 17.8 Å². The van der Waals surface area contributed by atoms with Crippen LogP contribution in [-0.4, -0.2) is 58.6 Å².